The molecule has 6 heteroatoms. The quantitative estimate of drug-likeness (QED) is 0.921. The number of hydrogen-bond donors (Lipinski definition) is 1. The zero-order valence-corrected chi connectivity index (χ0v) is 13.0. The van der Waals surface area contributed by atoms with Gasteiger partial charge in [-0.3, -0.25) is 10.00 Å². The van der Waals surface area contributed by atoms with Crippen LogP contribution in [0.3, 0.4) is 0 Å². The molecule has 0 saturated carbocycles. The van der Waals surface area contributed by atoms with Gasteiger partial charge in [0.05, 0.1) is 5.56 Å². The van der Waals surface area contributed by atoms with Crippen LogP contribution in [0.15, 0.2) is 36.5 Å². The van der Waals surface area contributed by atoms with E-state index >= 15 is 0 Å². The zero-order valence-electron chi connectivity index (χ0n) is 13.0. The monoisotopic (exact) mass is 323 g/mol. The molecule has 0 spiro atoms. The molecule has 1 aliphatic rings. The average Bonchev–Trinajstić information content (AvgIpc) is 3.10. The number of H-pyrrole nitrogens is 1. The standard InChI is InChI=1S/C17H20F3N3/c1-16(8-4-10-23(16)12-14-7-9-21-22-14)11-13-5-2-3-6-15(13)17(18,19)20/h2-3,5-7,9H,4,8,10-12H2,1H3,(H,21,22). The lowest BCUT2D eigenvalue weighted by molar-refractivity contribution is -0.138. The van der Waals surface area contributed by atoms with Crippen LogP contribution < -0.4 is 0 Å². The largest absolute Gasteiger partial charge is 0.416 e. The van der Waals surface area contributed by atoms with Gasteiger partial charge in [-0.1, -0.05) is 18.2 Å². The number of nitrogens with zero attached hydrogens (tertiary/aromatic N) is 2. The summed E-state index contributed by atoms with van der Waals surface area (Å²) in [6, 6.07) is 7.81. The summed E-state index contributed by atoms with van der Waals surface area (Å²) >= 11 is 0. The van der Waals surface area contributed by atoms with Crippen molar-refractivity contribution in [3.63, 3.8) is 0 Å². The number of benzene rings is 1. The SMILES string of the molecule is CC1(Cc2ccccc2C(F)(F)F)CCCN1Cc1ccn[nH]1. The Morgan fingerprint density at radius 1 is 1.26 bits per heavy atom. The summed E-state index contributed by atoms with van der Waals surface area (Å²) in [5.41, 5.74) is 0.572. The van der Waals surface area contributed by atoms with Gasteiger partial charge in [-0.25, -0.2) is 0 Å². The zero-order chi connectivity index (χ0) is 16.5. The first-order valence-electron chi connectivity index (χ1n) is 7.77. The van der Waals surface area contributed by atoms with Gasteiger partial charge in [-0.2, -0.15) is 18.3 Å². The highest BCUT2D eigenvalue weighted by Gasteiger charge is 2.40. The lowest BCUT2D eigenvalue weighted by Gasteiger charge is -2.36. The minimum Gasteiger partial charge on any atom is -0.292 e. The number of halogens is 3. The van der Waals surface area contributed by atoms with Crippen molar-refractivity contribution >= 4 is 0 Å². The van der Waals surface area contributed by atoms with Gasteiger partial charge in [0.15, 0.2) is 0 Å². The Labute approximate surface area is 133 Å². The number of alkyl halides is 3. The molecule has 1 N–H and O–H groups in total. The van der Waals surface area contributed by atoms with E-state index in [0.717, 1.165) is 25.1 Å². The highest BCUT2D eigenvalue weighted by Crippen LogP contribution is 2.38. The fraction of sp³-hybridized carbons (Fsp3) is 0.471. The topological polar surface area (TPSA) is 31.9 Å². The maximum atomic E-state index is 13.2. The molecule has 1 aliphatic heterocycles. The van der Waals surface area contributed by atoms with Crippen LogP contribution in [-0.4, -0.2) is 27.2 Å². The predicted molar refractivity (Wildman–Crippen MR) is 81.8 cm³/mol. The van der Waals surface area contributed by atoms with Crippen LogP contribution in [0.1, 0.15) is 36.6 Å². The van der Waals surface area contributed by atoms with Gasteiger partial charge in [-0.15, -0.1) is 0 Å². The fourth-order valence-electron chi connectivity index (χ4n) is 3.49. The van der Waals surface area contributed by atoms with E-state index in [1.165, 1.54) is 12.1 Å². The van der Waals surface area contributed by atoms with E-state index in [1.807, 2.05) is 6.07 Å². The van der Waals surface area contributed by atoms with Gasteiger partial charge in [0.2, 0.25) is 0 Å². The smallest absolute Gasteiger partial charge is 0.292 e. The Balaban J connectivity index is 1.83. The highest BCUT2D eigenvalue weighted by atomic mass is 19.4. The third-order valence-electron chi connectivity index (χ3n) is 4.72. The van der Waals surface area contributed by atoms with Crippen molar-refractivity contribution in [3.05, 3.63) is 53.3 Å². The van der Waals surface area contributed by atoms with E-state index in [-0.39, 0.29) is 5.54 Å². The van der Waals surface area contributed by atoms with E-state index in [2.05, 4.69) is 22.0 Å². The molecular weight excluding hydrogens is 303 g/mol. The van der Waals surface area contributed by atoms with Crippen LogP contribution in [0, 0.1) is 0 Å². The molecule has 1 aromatic carbocycles. The van der Waals surface area contributed by atoms with Gasteiger partial charge in [-0.05, 0) is 50.4 Å². The van der Waals surface area contributed by atoms with Gasteiger partial charge >= 0.3 is 6.18 Å². The van der Waals surface area contributed by atoms with Gasteiger partial charge < -0.3 is 0 Å². The number of likely N-dealkylation sites (tertiary alicyclic amines) is 1. The Hall–Kier alpha value is -1.82. The molecule has 0 radical (unpaired) electrons. The van der Waals surface area contributed by atoms with Crippen molar-refractivity contribution in [1.29, 1.82) is 0 Å². The molecule has 0 aliphatic carbocycles. The Kier molecular flexibility index (Phi) is 4.19. The summed E-state index contributed by atoms with van der Waals surface area (Å²) in [5, 5.41) is 6.87. The third kappa shape index (κ3) is 3.42. The van der Waals surface area contributed by atoms with Crippen molar-refractivity contribution in [2.24, 2.45) is 0 Å². The summed E-state index contributed by atoms with van der Waals surface area (Å²) in [4.78, 5) is 2.26. The molecule has 124 valence electrons. The molecule has 0 amide bonds. The number of aromatic nitrogens is 2. The van der Waals surface area contributed by atoms with Crippen molar-refractivity contribution in [2.45, 2.75) is 44.4 Å². The van der Waals surface area contributed by atoms with Crippen LogP contribution in [-0.2, 0) is 19.1 Å². The summed E-state index contributed by atoms with van der Waals surface area (Å²) in [6.45, 7) is 3.64. The van der Waals surface area contributed by atoms with Gasteiger partial charge in [0.25, 0.3) is 0 Å². The lowest BCUT2D eigenvalue weighted by Crippen LogP contribution is -2.42. The van der Waals surface area contributed by atoms with Crippen molar-refractivity contribution < 1.29 is 13.2 Å². The predicted octanol–water partition coefficient (Wildman–Crippen LogP) is 4.03. The van der Waals surface area contributed by atoms with Crippen molar-refractivity contribution in [3.8, 4) is 0 Å². The number of hydrogen-bond acceptors (Lipinski definition) is 2. The molecule has 1 saturated heterocycles. The second-order valence-corrected chi connectivity index (χ2v) is 6.44. The fourth-order valence-corrected chi connectivity index (χ4v) is 3.49. The highest BCUT2D eigenvalue weighted by molar-refractivity contribution is 5.31. The van der Waals surface area contributed by atoms with Crippen LogP contribution in [0.2, 0.25) is 0 Å². The van der Waals surface area contributed by atoms with E-state index < -0.39 is 11.7 Å². The maximum absolute atomic E-state index is 13.2. The summed E-state index contributed by atoms with van der Waals surface area (Å²) < 4.78 is 39.7. The summed E-state index contributed by atoms with van der Waals surface area (Å²) in [6.07, 6.45) is -0.315. The molecule has 3 nitrogen and oxygen atoms in total. The normalized spacial score (nSPS) is 22.6. The minimum atomic E-state index is -4.31. The van der Waals surface area contributed by atoms with Crippen molar-refractivity contribution in [2.75, 3.05) is 6.54 Å². The first kappa shape index (κ1) is 16.1. The second-order valence-electron chi connectivity index (χ2n) is 6.44. The first-order valence-corrected chi connectivity index (χ1v) is 7.77. The van der Waals surface area contributed by atoms with Crippen LogP contribution in [0.5, 0.6) is 0 Å². The molecule has 1 atom stereocenters. The minimum absolute atomic E-state index is 0.271. The molecule has 2 aromatic rings. The molecule has 1 aromatic heterocycles. The van der Waals surface area contributed by atoms with Gasteiger partial charge in [0.1, 0.15) is 0 Å². The second kappa shape index (κ2) is 6.00. The molecule has 3 rings (SSSR count). The average molecular weight is 323 g/mol. The van der Waals surface area contributed by atoms with Gasteiger partial charge in [0, 0.05) is 24.0 Å². The molecule has 0 bridgehead atoms. The summed E-state index contributed by atoms with van der Waals surface area (Å²) in [5.74, 6) is 0. The first-order chi connectivity index (χ1) is 10.9. The molecule has 1 unspecified atom stereocenters. The van der Waals surface area contributed by atoms with E-state index in [0.29, 0.717) is 18.5 Å². The van der Waals surface area contributed by atoms with Crippen LogP contribution in [0.4, 0.5) is 13.2 Å². The maximum Gasteiger partial charge on any atom is 0.416 e. The summed E-state index contributed by atoms with van der Waals surface area (Å²) in [7, 11) is 0. The van der Waals surface area contributed by atoms with Crippen LogP contribution in [0.25, 0.3) is 0 Å². The Bertz CT molecular complexity index is 651. The lowest BCUT2D eigenvalue weighted by atomic mass is 9.88. The Morgan fingerprint density at radius 3 is 2.74 bits per heavy atom. The number of nitrogens with one attached hydrogen (secondary N) is 1. The molecule has 2 heterocycles. The molecular formula is C17H20F3N3. The molecule has 1 fully saturated rings. The van der Waals surface area contributed by atoms with E-state index in [9.17, 15) is 13.2 Å². The van der Waals surface area contributed by atoms with E-state index in [1.54, 1.807) is 18.3 Å². The van der Waals surface area contributed by atoms with Crippen molar-refractivity contribution in [1.82, 2.24) is 15.1 Å². The third-order valence-corrected chi connectivity index (χ3v) is 4.72. The number of rotatable bonds is 4. The van der Waals surface area contributed by atoms with Crippen LogP contribution >= 0.6 is 0 Å². The Morgan fingerprint density at radius 2 is 2.04 bits per heavy atom. The number of aromatic amines is 1. The molecule has 23 heavy (non-hydrogen) atoms. The van der Waals surface area contributed by atoms with E-state index in [4.69, 9.17) is 0 Å².